The van der Waals surface area contributed by atoms with E-state index in [2.05, 4.69) is 47.8 Å². The van der Waals surface area contributed by atoms with Gasteiger partial charge in [-0.2, -0.15) is 0 Å². The average Bonchev–Trinajstić information content (AvgIpc) is 2.13. The number of hydrogen-bond acceptors (Lipinski definition) is 1. The van der Waals surface area contributed by atoms with Crippen molar-refractivity contribution in [2.45, 2.75) is 47.5 Å². The van der Waals surface area contributed by atoms with Crippen LogP contribution in [0.5, 0.6) is 0 Å². The van der Waals surface area contributed by atoms with E-state index in [1.54, 1.807) is 6.08 Å². The Kier molecular flexibility index (Phi) is 6.47. The van der Waals surface area contributed by atoms with Gasteiger partial charge in [0.25, 0.3) is 0 Å². The van der Waals surface area contributed by atoms with Gasteiger partial charge in [-0.15, -0.1) is 0 Å². The Labute approximate surface area is 102 Å². The van der Waals surface area contributed by atoms with Crippen LogP contribution in [0.25, 0.3) is 0 Å². The molecule has 0 aromatic rings. The van der Waals surface area contributed by atoms with Crippen molar-refractivity contribution in [2.24, 2.45) is 17.3 Å². The maximum atomic E-state index is 5.63. The fourth-order valence-electron chi connectivity index (χ4n) is 2.53. The molecule has 16 heavy (non-hydrogen) atoms. The van der Waals surface area contributed by atoms with Crippen LogP contribution in [0.4, 0.5) is 0 Å². The number of rotatable bonds is 7. The SMILES string of the molecule is C=CCOC(=C)C(C(C)CCC)C(C)(C)C. The van der Waals surface area contributed by atoms with Crippen molar-refractivity contribution < 1.29 is 4.74 Å². The van der Waals surface area contributed by atoms with Crippen LogP contribution in [-0.4, -0.2) is 6.61 Å². The predicted octanol–water partition coefficient (Wildman–Crippen LogP) is 4.80. The summed E-state index contributed by atoms with van der Waals surface area (Å²) in [5, 5.41) is 0. The third-order valence-electron chi connectivity index (χ3n) is 2.98. The van der Waals surface area contributed by atoms with Gasteiger partial charge in [0.05, 0.1) is 5.76 Å². The van der Waals surface area contributed by atoms with E-state index in [1.807, 2.05) is 0 Å². The van der Waals surface area contributed by atoms with E-state index < -0.39 is 0 Å². The summed E-state index contributed by atoms with van der Waals surface area (Å²) in [4.78, 5) is 0. The van der Waals surface area contributed by atoms with Gasteiger partial charge >= 0.3 is 0 Å². The molecule has 1 nitrogen and oxygen atoms in total. The molecule has 2 atom stereocenters. The van der Waals surface area contributed by atoms with Gasteiger partial charge < -0.3 is 4.74 Å². The molecular formula is C15H28O. The minimum Gasteiger partial charge on any atom is -0.494 e. The van der Waals surface area contributed by atoms with E-state index in [1.165, 1.54) is 12.8 Å². The van der Waals surface area contributed by atoms with Crippen molar-refractivity contribution in [3.63, 3.8) is 0 Å². The lowest BCUT2D eigenvalue weighted by Gasteiger charge is -2.36. The molecule has 0 amide bonds. The van der Waals surface area contributed by atoms with Crippen molar-refractivity contribution in [1.82, 2.24) is 0 Å². The molecule has 0 aliphatic heterocycles. The van der Waals surface area contributed by atoms with Crippen LogP contribution in [0.2, 0.25) is 0 Å². The Balaban J connectivity index is 4.66. The summed E-state index contributed by atoms with van der Waals surface area (Å²) in [6.45, 7) is 19.6. The Hall–Kier alpha value is -0.720. The van der Waals surface area contributed by atoms with Crippen LogP contribution in [0.1, 0.15) is 47.5 Å². The van der Waals surface area contributed by atoms with Crippen molar-refractivity contribution in [3.8, 4) is 0 Å². The molecule has 0 bridgehead atoms. The van der Waals surface area contributed by atoms with Gasteiger partial charge in [-0.25, -0.2) is 0 Å². The maximum Gasteiger partial charge on any atom is 0.106 e. The monoisotopic (exact) mass is 224 g/mol. The highest BCUT2D eigenvalue weighted by atomic mass is 16.5. The minimum atomic E-state index is 0.201. The molecule has 0 saturated carbocycles. The Morgan fingerprint density at radius 3 is 2.31 bits per heavy atom. The Bertz CT molecular complexity index is 222. The normalized spacial score (nSPS) is 15.3. The van der Waals surface area contributed by atoms with Crippen molar-refractivity contribution >= 4 is 0 Å². The van der Waals surface area contributed by atoms with E-state index >= 15 is 0 Å². The van der Waals surface area contributed by atoms with Crippen molar-refractivity contribution in [2.75, 3.05) is 6.61 Å². The summed E-state index contributed by atoms with van der Waals surface area (Å²) in [5.41, 5.74) is 0.201. The first-order valence-electron chi connectivity index (χ1n) is 6.27. The van der Waals surface area contributed by atoms with Gasteiger partial charge in [-0.1, -0.05) is 66.7 Å². The molecule has 0 aliphatic rings. The zero-order valence-corrected chi connectivity index (χ0v) is 11.7. The van der Waals surface area contributed by atoms with Gasteiger partial charge in [0.2, 0.25) is 0 Å². The molecule has 0 aromatic carbocycles. The second-order valence-corrected chi connectivity index (χ2v) is 5.68. The molecule has 1 heteroatoms. The smallest absolute Gasteiger partial charge is 0.106 e. The average molecular weight is 224 g/mol. The highest BCUT2D eigenvalue weighted by molar-refractivity contribution is 5.00. The predicted molar refractivity (Wildman–Crippen MR) is 72.3 cm³/mol. The number of allylic oxidation sites excluding steroid dienone is 1. The fraction of sp³-hybridized carbons (Fsp3) is 0.733. The van der Waals surface area contributed by atoms with Crippen LogP contribution < -0.4 is 0 Å². The molecule has 0 N–H and O–H groups in total. The Morgan fingerprint density at radius 2 is 1.94 bits per heavy atom. The van der Waals surface area contributed by atoms with Crippen LogP contribution in [0.3, 0.4) is 0 Å². The topological polar surface area (TPSA) is 9.23 Å². The lowest BCUT2D eigenvalue weighted by Crippen LogP contribution is -2.29. The van der Waals surface area contributed by atoms with Crippen LogP contribution in [0.15, 0.2) is 25.0 Å². The van der Waals surface area contributed by atoms with Gasteiger partial charge in [0.1, 0.15) is 6.61 Å². The summed E-state index contributed by atoms with van der Waals surface area (Å²) in [7, 11) is 0. The molecule has 0 fully saturated rings. The van der Waals surface area contributed by atoms with Gasteiger partial charge in [0.15, 0.2) is 0 Å². The minimum absolute atomic E-state index is 0.201. The van der Waals surface area contributed by atoms with E-state index in [-0.39, 0.29) is 5.41 Å². The summed E-state index contributed by atoms with van der Waals surface area (Å²) < 4.78 is 5.63. The summed E-state index contributed by atoms with van der Waals surface area (Å²) in [5.74, 6) is 1.93. The number of ether oxygens (including phenoxy) is 1. The molecule has 94 valence electrons. The van der Waals surface area contributed by atoms with E-state index in [9.17, 15) is 0 Å². The molecule has 0 radical (unpaired) electrons. The molecule has 0 rings (SSSR count). The molecule has 0 aliphatic carbocycles. The van der Waals surface area contributed by atoms with Gasteiger partial charge in [-0.3, -0.25) is 0 Å². The van der Waals surface area contributed by atoms with Gasteiger partial charge in [0, 0.05) is 5.92 Å². The quantitative estimate of drug-likeness (QED) is 0.446. The largest absolute Gasteiger partial charge is 0.494 e. The third-order valence-corrected chi connectivity index (χ3v) is 2.98. The molecule has 2 unspecified atom stereocenters. The standard InChI is InChI=1S/C15H28O/c1-8-10-12(3)14(15(5,6)7)13(4)16-11-9-2/h9,12,14H,2,4,8,10-11H2,1,3,5-7H3. The Morgan fingerprint density at radius 1 is 1.38 bits per heavy atom. The van der Waals surface area contributed by atoms with E-state index in [0.717, 1.165) is 5.76 Å². The maximum absolute atomic E-state index is 5.63. The molecule has 0 aromatic heterocycles. The van der Waals surface area contributed by atoms with Crippen molar-refractivity contribution in [3.05, 3.63) is 25.0 Å². The van der Waals surface area contributed by atoms with Crippen LogP contribution in [0, 0.1) is 17.3 Å². The summed E-state index contributed by atoms with van der Waals surface area (Å²) in [6.07, 6.45) is 4.20. The lowest BCUT2D eigenvalue weighted by atomic mass is 9.71. The molecular weight excluding hydrogens is 196 g/mol. The second kappa shape index (κ2) is 6.78. The van der Waals surface area contributed by atoms with Crippen LogP contribution in [-0.2, 0) is 4.74 Å². The van der Waals surface area contributed by atoms with Crippen molar-refractivity contribution in [1.29, 1.82) is 0 Å². The number of hydrogen-bond donors (Lipinski definition) is 0. The summed E-state index contributed by atoms with van der Waals surface area (Å²) >= 11 is 0. The lowest BCUT2D eigenvalue weighted by molar-refractivity contribution is 0.104. The molecule has 0 saturated heterocycles. The van der Waals surface area contributed by atoms with E-state index in [0.29, 0.717) is 18.4 Å². The highest BCUT2D eigenvalue weighted by Crippen LogP contribution is 2.39. The van der Waals surface area contributed by atoms with E-state index in [4.69, 9.17) is 4.74 Å². The van der Waals surface area contributed by atoms with Gasteiger partial charge in [-0.05, 0) is 11.3 Å². The zero-order valence-electron chi connectivity index (χ0n) is 11.7. The zero-order chi connectivity index (χ0) is 12.8. The first kappa shape index (κ1) is 15.3. The summed E-state index contributed by atoms with van der Waals surface area (Å²) in [6, 6.07) is 0. The van der Waals surface area contributed by atoms with Crippen LogP contribution >= 0.6 is 0 Å². The fourth-order valence-corrected chi connectivity index (χ4v) is 2.53. The molecule has 0 spiro atoms. The molecule has 0 heterocycles. The third kappa shape index (κ3) is 4.87. The first-order valence-corrected chi connectivity index (χ1v) is 6.27. The second-order valence-electron chi connectivity index (χ2n) is 5.68. The first-order chi connectivity index (χ1) is 7.34. The highest BCUT2D eigenvalue weighted by Gasteiger charge is 2.32.